The highest BCUT2D eigenvalue weighted by Crippen LogP contribution is 2.29. The molecule has 1 aromatic rings. The molecule has 3 atom stereocenters. The van der Waals surface area contributed by atoms with Gasteiger partial charge in [-0.3, -0.25) is 4.79 Å². The number of hydrogen-bond donors (Lipinski definition) is 2. The third kappa shape index (κ3) is 6.19. The Morgan fingerprint density at radius 3 is 2.40 bits per heavy atom. The van der Waals surface area contributed by atoms with Crippen LogP contribution in [0.1, 0.15) is 43.7 Å². The molecule has 1 aliphatic rings. The molecule has 0 radical (unpaired) electrons. The summed E-state index contributed by atoms with van der Waals surface area (Å²) >= 11 is 0. The number of alkyl halides is 3. The van der Waals surface area contributed by atoms with Crippen LogP contribution in [-0.4, -0.2) is 18.5 Å². The van der Waals surface area contributed by atoms with E-state index in [0.29, 0.717) is 18.9 Å². The summed E-state index contributed by atoms with van der Waals surface area (Å²) in [4.78, 5) is 12.4. The minimum absolute atomic E-state index is 0. The summed E-state index contributed by atoms with van der Waals surface area (Å²) in [6.45, 7) is 2.37. The number of carbonyl (C=O) groups is 1. The fourth-order valence-electron chi connectivity index (χ4n) is 3.28. The van der Waals surface area contributed by atoms with Gasteiger partial charge in [0.1, 0.15) is 0 Å². The van der Waals surface area contributed by atoms with Crippen molar-refractivity contribution in [1.82, 2.24) is 5.32 Å². The number of nitrogens with one attached hydrogen (secondary N) is 1. The van der Waals surface area contributed by atoms with E-state index >= 15 is 0 Å². The average molecular weight is 379 g/mol. The lowest BCUT2D eigenvalue weighted by Gasteiger charge is -2.32. The monoisotopic (exact) mass is 378 g/mol. The molecule has 0 saturated heterocycles. The van der Waals surface area contributed by atoms with Gasteiger partial charge in [0.15, 0.2) is 0 Å². The SMILES string of the molecule is CC(Cc1ccc(C(F)(F)F)cc1)C(=O)NC1CCCCC1CN.Cl. The van der Waals surface area contributed by atoms with Crippen LogP contribution in [-0.2, 0) is 17.4 Å². The van der Waals surface area contributed by atoms with E-state index in [2.05, 4.69) is 5.32 Å². The minimum atomic E-state index is -4.33. The van der Waals surface area contributed by atoms with Crippen LogP contribution in [0.2, 0.25) is 0 Å². The molecule has 0 aromatic heterocycles. The highest BCUT2D eigenvalue weighted by atomic mass is 35.5. The topological polar surface area (TPSA) is 55.1 Å². The van der Waals surface area contributed by atoms with Gasteiger partial charge in [-0.25, -0.2) is 0 Å². The zero-order valence-corrected chi connectivity index (χ0v) is 15.1. The van der Waals surface area contributed by atoms with Gasteiger partial charge >= 0.3 is 6.18 Å². The molecule has 0 bridgehead atoms. The second kappa shape index (κ2) is 9.43. The van der Waals surface area contributed by atoms with Crippen molar-refractivity contribution in [2.24, 2.45) is 17.6 Å². The first-order valence-electron chi connectivity index (χ1n) is 8.48. The predicted molar refractivity (Wildman–Crippen MR) is 94.5 cm³/mol. The first-order chi connectivity index (χ1) is 11.3. The largest absolute Gasteiger partial charge is 0.416 e. The van der Waals surface area contributed by atoms with Crippen molar-refractivity contribution in [3.05, 3.63) is 35.4 Å². The van der Waals surface area contributed by atoms with E-state index in [1.54, 1.807) is 6.92 Å². The Morgan fingerprint density at radius 2 is 1.84 bits per heavy atom. The van der Waals surface area contributed by atoms with Crippen LogP contribution in [0, 0.1) is 11.8 Å². The number of benzene rings is 1. The zero-order chi connectivity index (χ0) is 17.7. The molecule has 1 saturated carbocycles. The molecule has 3 nitrogen and oxygen atoms in total. The smallest absolute Gasteiger partial charge is 0.353 e. The Morgan fingerprint density at radius 1 is 1.24 bits per heavy atom. The summed E-state index contributed by atoms with van der Waals surface area (Å²) in [5.74, 6) is -0.0247. The first-order valence-corrected chi connectivity index (χ1v) is 8.48. The molecule has 0 spiro atoms. The molecule has 1 aromatic carbocycles. The van der Waals surface area contributed by atoms with E-state index < -0.39 is 11.7 Å². The summed E-state index contributed by atoms with van der Waals surface area (Å²) in [5.41, 5.74) is 5.83. The number of nitrogens with two attached hydrogens (primary N) is 1. The molecule has 3 N–H and O–H groups in total. The second-order valence-electron chi connectivity index (χ2n) is 6.70. The van der Waals surface area contributed by atoms with Crippen LogP contribution in [0.3, 0.4) is 0 Å². The summed E-state index contributed by atoms with van der Waals surface area (Å²) in [5, 5.41) is 3.08. The Hall–Kier alpha value is -1.27. The number of carbonyl (C=O) groups excluding carboxylic acids is 1. The molecule has 0 heterocycles. The van der Waals surface area contributed by atoms with E-state index in [9.17, 15) is 18.0 Å². The van der Waals surface area contributed by atoms with Gasteiger partial charge in [0, 0.05) is 12.0 Å². The van der Waals surface area contributed by atoms with Gasteiger partial charge in [0.2, 0.25) is 5.91 Å². The number of rotatable bonds is 5. The van der Waals surface area contributed by atoms with Crippen molar-refractivity contribution in [1.29, 1.82) is 0 Å². The molecule has 2 rings (SSSR count). The molecule has 1 amide bonds. The number of amides is 1. The third-order valence-electron chi connectivity index (χ3n) is 4.81. The van der Waals surface area contributed by atoms with Crippen molar-refractivity contribution in [3.8, 4) is 0 Å². The van der Waals surface area contributed by atoms with Crippen LogP contribution < -0.4 is 11.1 Å². The van der Waals surface area contributed by atoms with Gasteiger partial charge in [0.05, 0.1) is 5.56 Å². The fraction of sp³-hybridized carbons (Fsp3) is 0.611. The highest BCUT2D eigenvalue weighted by molar-refractivity contribution is 5.85. The van der Waals surface area contributed by atoms with Crippen molar-refractivity contribution in [2.75, 3.05) is 6.54 Å². The standard InChI is InChI=1S/C18H25F3N2O.ClH/c1-12(10-13-6-8-15(9-7-13)18(19,20)21)17(24)23-16-5-3-2-4-14(16)11-22;/h6-9,12,14,16H,2-5,10-11,22H2,1H3,(H,23,24);1H. The lowest BCUT2D eigenvalue weighted by molar-refractivity contribution is -0.137. The van der Waals surface area contributed by atoms with E-state index in [1.807, 2.05) is 0 Å². The quantitative estimate of drug-likeness (QED) is 0.815. The Labute approximate surface area is 153 Å². The summed E-state index contributed by atoms with van der Waals surface area (Å²) < 4.78 is 37.7. The van der Waals surface area contributed by atoms with Gasteiger partial charge in [-0.1, -0.05) is 31.9 Å². The minimum Gasteiger partial charge on any atom is -0.353 e. The Kier molecular flexibility index (Phi) is 8.22. The highest BCUT2D eigenvalue weighted by Gasteiger charge is 2.30. The van der Waals surface area contributed by atoms with Gasteiger partial charge < -0.3 is 11.1 Å². The lowest BCUT2D eigenvalue weighted by Crippen LogP contribution is -2.46. The lowest BCUT2D eigenvalue weighted by atomic mass is 9.84. The fourth-order valence-corrected chi connectivity index (χ4v) is 3.28. The average Bonchev–Trinajstić information content (AvgIpc) is 2.55. The maximum Gasteiger partial charge on any atom is 0.416 e. The third-order valence-corrected chi connectivity index (χ3v) is 4.81. The van der Waals surface area contributed by atoms with Crippen LogP contribution in [0.15, 0.2) is 24.3 Å². The van der Waals surface area contributed by atoms with Crippen LogP contribution in [0.4, 0.5) is 13.2 Å². The first kappa shape index (κ1) is 21.8. The van der Waals surface area contributed by atoms with Gasteiger partial charge in [-0.15, -0.1) is 12.4 Å². The summed E-state index contributed by atoms with van der Waals surface area (Å²) in [6, 6.07) is 5.12. The second-order valence-corrected chi connectivity index (χ2v) is 6.70. The normalized spacial score (nSPS) is 22.0. The summed E-state index contributed by atoms with van der Waals surface area (Å²) in [6.07, 6.45) is 0.309. The molecular formula is C18H26ClF3N2O. The molecule has 7 heteroatoms. The maximum absolute atomic E-state index is 12.6. The van der Waals surface area contributed by atoms with Gasteiger partial charge in [-0.2, -0.15) is 13.2 Å². The van der Waals surface area contributed by atoms with Crippen molar-refractivity contribution in [2.45, 2.75) is 51.2 Å². The molecule has 0 aliphatic heterocycles. The van der Waals surface area contributed by atoms with Crippen LogP contribution >= 0.6 is 12.4 Å². The van der Waals surface area contributed by atoms with Crippen molar-refractivity contribution in [3.63, 3.8) is 0 Å². The van der Waals surface area contributed by atoms with E-state index in [1.165, 1.54) is 12.1 Å². The molecule has 3 unspecified atom stereocenters. The van der Waals surface area contributed by atoms with E-state index in [0.717, 1.165) is 43.4 Å². The van der Waals surface area contributed by atoms with Crippen LogP contribution in [0.5, 0.6) is 0 Å². The van der Waals surface area contributed by atoms with Gasteiger partial charge in [0.25, 0.3) is 0 Å². The van der Waals surface area contributed by atoms with Gasteiger partial charge in [-0.05, 0) is 49.4 Å². The Balaban J connectivity index is 0.00000312. The van der Waals surface area contributed by atoms with Crippen molar-refractivity contribution < 1.29 is 18.0 Å². The number of halogens is 4. The molecule has 1 fully saturated rings. The molecular weight excluding hydrogens is 353 g/mol. The predicted octanol–water partition coefficient (Wildman–Crippen LogP) is 3.94. The molecule has 1 aliphatic carbocycles. The molecule has 142 valence electrons. The van der Waals surface area contributed by atoms with Crippen molar-refractivity contribution >= 4 is 18.3 Å². The van der Waals surface area contributed by atoms with E-state index in [-0.39, 0.29) is 30.3 Å². The molecule has 25 heavy (non-hydrogen) atoms. The maximum atomic E-state index is 12.6. The van der Waals surface area contributed by atoms with Crippen LogP contribution in [0.25, 0.3) is 0 Å². The number of hydrogen-bond acceptors (Lipinski definition) is 2. The van der Waals surface area contributed by atoms with E-state index in [4.69, 9.17) is 5.73 Å². The summed E-state index contributed by atoms with van der Waals surface area (Å²) in [7, 11) is 0. The zero-order valence-electron chi connectivity index (χ0n) is 14.3. The Bertz CT molecular complexity index is 548.